The Kier molecular flexibility index (Phi) is 2.84. The number of nitrogens with zero attached hydrogens (tertiary/aromatic N) is 2. The van der Waals surface area contributed by atoms with E-state index in [-0.39, 0.29) is 0 Å². The summed E-state index contributed by atoms with van der Waals surface area (Å²) in [6.45, 7) is 2.00. The van der Waals surface area contributed by atoms with Crippen LogP contribution < -0.4 is 5.73 Å². The zero-order valence-corrected chi connectivity index (χ0v) is 11.1. The molecule has 0 aliphatic heterocycles. The van der Waals surface area contributed by atoms with Crippen molar-refractivity contribution in [2.24, 2.45) is 0 Å². The molecule has 0 fully saturated rings. The van der Waals surface area contributed by atoms with Crippen LogP contribution >= 0.6 is 11.6 Å². The third-order valence-corrected chi connectivity index (χ3v) is 3.28. The summed E-state index contributed by atoms with van der Waals surface area (Å²) in [6, 6.07) is 13.3. The van der Waals surface area contributed by atoms with Gasteiger partial charge in [0.1, 0.15) is 5.82 Å². The molecule has 2 aromatic carbocycles. The number of fused-ring (bicyclic) bond motifs is 1. The summed E-state index contributed by atoms with van der Waals surface area (Å²) in [5, 5.41) is 1.57. The molecule has 0 atom stereocenters. The lowest BCUT2D eigenvalue weighted by atomic mass is 10.1. The van der Waals surface area contributed by atoms with Crippen LogP contribution in [0.1, 0.15) is 5.56 Å². The van der Waals surface area contributed by atoms with Gasteiger partial charge >= 0.3 is 0 Å². The normalized spacial score (nSPS) is 10.8. The predicted octanol–water partition coefficient (Wildman–Crippen LogP) is 3.84. The molecule has 0 aliphatic rings. The number of hydrogen-bond acceptors (Lipinski definition) is 3. The molecule has 1 aromatic heterocycles. The van der Waals surface area contributed by atoms with E-state index in [0.29, 0.717) is 16.7 Å². The monoisotopic (exact) mass is 269 g/mol. The summed E-state index contributed by atoms with van der Waals surface area (Å²) in [7, 11) is 0. The fraction of sp³-hybridized carbons (Fsp3) is 0.0667. The highest BCUT2D eigenvalue weighted by Gasteiger charge is 2.09. The molecule has 0 aliphatic carbocycles. The second-order valence-electron chi connectivity index (χ2n) is 4.41. The van der Waals surface area contributed by atoms with E-state index in [1.807, 2.05) is 49.4 Å². The minimum absolute atomic E-state index is 0.498. The van der Waals surface area contributed by atoms with Gasteiger partial charge in [0.15, 0.2) is 5.82 Å². The molecule has 3 rings (SSSR count). The lowest BCUT2D eigenvalue weighted by Gasteiger charge is -2.07. The fourth-order valence-corrected chi connectivity index (χ4v) is 2.33. The molecule has 1 heterocycles. The van der Waals surface area contributed by atoms with Crippen molar-refractivity contribution >= 4 is 28.3 Å². The van der Waals surface area contributed by atoms with Crippen molar-refractivity contribution in [3.63, 3.8) is 0 Å². The van der Waals surface area contributed by atoms with Crippen molar-refractivity contribution in [3.8, 4) is 11.4 Å². The summed E-state index contributed by atoms with van der Waals surface area (Å²) >= 11 is 5.99. The standard InChI is InChI=1S/C15H12ClN3/c1-9-4-2-7-12-13(9)14(17)19-15(18-12)10-5-3-6-11(16)8-10/h2-8H,1H3,(H2,17,18,19). The summed E-state index contributed by atoms with van der Waals surface area (Å²) in [6.07, 6.45) is 0. The van der Waals surface area contributed by atoms with Gasteiger partial charge < -0.3 is 5.73 Å². The van der Waals surface area contributed by atoms with Crippen molar-refractivity contribution in [2.45, 2.75) is 6.92 Å². The number of nitrogen functional groups attached to an aromatic ring is 1. The first-order valence-electron chi connectivity index (χ1n) is 5.94. The van der Waals surface area contributed by atoms with Crippen molar-refractivity contribution in [1.82, 2.24) is 9.97 Å². The quantitative estimate of drug-likeness (QED) is 0.730. The second-order valence-corrected chi connectivity index (χ2v) is 4.85. The first kappa shape index (κ1) is 11.9. The summed E-state index contributed by atoms with van der Waals surface area (Å²) in [4.78, 5) is 8.94. The maximum Gasteiger partial charge on any atom is 0.162 e. The number of benzene rings is 2. The Hall–Kier alpha value is -2.13. The fourth-order valence-electron chi connectivity index (χ4n) is 2.14. The van der Waals surface area contributed by atoms with Gasteiger partial charge in [-0.3, -0.25) is 0 Å². The molecule has 0 spiro atoms. The smallest absolute Gasteiger partial charge is 0.162 e. The summed E-state index contributed by atoms with van der Waals surface area (Å²) in [5.41, 5.74) is 8.84. The molecule has 0 unspecified atom stereocenters. The van der Waals surface area contributed by atoms with Crippen LogP contribution in [-0.4, -0.2) is 9.97 Å². The molecule has 0 saturated heterocycles. The van der Waals surface area contributed by atoms with Gasteiger partial charge in [0.05, 0.1) is 5.52 Å². The van der Waals surface area contributed by atoms with Crippen molar-refractivity contribution < 1.29 is 0 Å². The molecular formula is C15H12ClN3. The van der Waals surface area contributed by atoms with Crippen LogP contribution in [0.5, 0.6) is 0 Å². The van der Waals surface area contributed by atoms with Crippen LogP contribution in [0.2, 0.25) is 5.02 Å². The van der Waals surface area contributed by atoms with Crippen LogP contribution in [0, 0.1) is 6.92 Å². The number of anilines is 1. The van der Waals surface area contributed by atoms with Crippen LogP contribution in [0.3, 0.4) is 0 Å². The molecule has 3 aromatic rings. The molecular weight excluding hydrogens is 258 g/mol. The lowest BCUT2D eigenvalue weighted by molar-refractivity contribution is 1.23. The average molecular weight is 270 g/mol. The minimum atomic E-state index is 0.498. The van der Waals surface area contributed by atoms with E-state index >= 15 is 0 Å². The minimum Gasteiger partial charge on any atom is -0.383 e. The van der Waals surface area contributed by atoms with E-state index in [2.05, 4.69) is 9.97 Å². The van der Waals surface area contributed by atoms with Crippen LogP contribution in [-0.2, 0) is 0 Å². The largest absolute Gasteiger partial charge is 0.383 e. The number of rotatable bonds is 1. The van der Waals surface area contributed by atoms with Crippen LogP contribution in [0.4, 0.5) is 5.82 Å². The zero-order chi connectivity index (χ0) is 13.4. The van der Waals surface area contributed by atoms with Gasteiger partial charge in [0.25, 0.3) is 0 Å². The first-order chi connectivity index (χ1) is 9.15. The molecule has 94 valence electrons. The number of hydrogen-bond donors (Lipinski definition) is 1. The Balaban J connectivity index is 2.27. The highest BCUT2D eigenvalue weighted by molar-refractivity contribution is 6.30. The maximum absolute atomic E-state index is 6.05. The second kappa shape index (κ2) is 4.52. The third kappa shape index (κ3) is 2.13. The molecule has 0 bridgehead atoms. The highest BCUT2D eigenvalue weighted by atomic mass is 35.5. The van der Waals surface area contributed by atoms with Gasteiger partial charge in [0, 0.05) is 16.0 Å². The van der Waals surface area contributed by atoms with E-state index in [0.717, 1.165) is 22.0 Å². The maximum atomic E-state index is 6.05. The van der Waals surface area contributed by atoms with Crippen LogP contribution in [0.25, 0.3) is 22.3 Å². The van der Waals surface area contributed by atoms with Gasteiger partial charge in [0.2, 0.25) is 0 Å². The van der Waals surface area contributed by atoms with E-state index < -0.39 is 0 Å². The Bertz CT molecular complexity index is 768. The third-order valence-electron chi connectivity index (χ3n) is 3.04. The Labute approximate surface area is 116 Å². The number of halogens is 1. The molecule has 3 nitrogen and oxygen atoms in total. The molecule has 2 N–H and O–H groups in total. The Morgan fingerprint density at radius 1 is 1.05 bits per heavy atom. The van der Waals surface area contributed by atoms with Gasteiger partial charge in [-0.1, -0.05) is 35.9 Å². The van der Waals surface area contributed by atoms with Crippen molar-refractivity contribution in [3.05, 3.63) is 53.1 Å². The summed E-state index contributed by atoms with van der Waals surface area (Å²) < 4.78 is 0. The zero-order valence-electron chi connectivity index (χ0n) is 10.4. The average Bonchev–Trinajstić information content (AvgIpc) is 2.38. The Morgan fingerprint density at radius 2 is 1.84 bits per heavy atom. The van der Waals surface area contributed by atoms with Gasteiger partial charge in [-0.15, -0.1) is 0 Å². The van der Waals surface area contributed by atoms with Gasteiger partial charge in [-0.2, -0.15) is 0 Å². The van der Waals surface area contributed by atoms with Gasteiger partial charge in [-0.25, -0.2) is 9.97 Å². The van der Waals surface area contributed by atoms with Crippen LogP contribution in [0.15, 0.2) is 42.5 Å². The molecule has 19 heavy (non-hydrogen) atoms. The van der Waals surface area contributed by atoms with Gasteiger partial charge in [-0.05, 0) is 30.7 Å². The molecule has 4 heteroatoms. The number of nitrogens with two attached hydrogens (primary N) is 1. The van der Waals surface area contributed by atoms with E-state index in [1.54, 1.807) is 0 Å². The van der Waals surface area contributed by atoms with E-state index in [1.165, 1.54) is 0 Å². The van der Waals surface area contributed by atoms with Crippen molar-refractivity contribution in [1.29, 1.82) is 0 Å². The van der Waals surface area contributed by atoms with E-state index in [9.17, 15) is 0 Å². The number of aryl methyl sites for hydroxylation is 1. The topological polar surface area (TPSA) is 51.8 Å². The molecule has 0 radical (unpaired) electrons. The predicted molar refractivity (Wildman–Crippen MR) is 79.1 cm³/mol. The SMILES string of the molecule is Cc1cccc2nc(-c3cccc(Cl)c3)nc(N)c12. The number of aromatic nitrogens is 2. The molecule has 0 saturated carbocycles. The van der Waals surface area contributed by atoms with Crippen molar-refractivity contribution in [2.75, 3.05) is 5.73 Å². The molecule has 0 amide bonds. The highest BCUT2D eigenvalue weighted by Crippen LogP contribution is 2.26. The Morgan fingerprint density at radius 3 is 2.63 bits per heavy atom. The van der Waals surface area contributed by atoms with E-state index in [4.69, 9.17) is 17.3 Å². The lowest BCUT2D eigenvalue weighted by Crippen LogP contribution is -1.99. The summed E-state index contributed by atoms with van der Waals surface area (Å²) in [5.74, 6) is 1.09. The first-order valence-corrected chi connectivity index (χ1v) is 6.32.